The summed E-state index contributed by atoms with van der Waals surface area (Å²) in [5.74, 6) is 0.0521. The number of carbonyl (C=O) groups excluding carboxylic acids is 1. The van der Waals surface area contributed by atoms with Gasteiger partial charge in [0.1, 0.15) is 11.4 Å². The van der Waals surface area contributed by atoms with Crippen molar-refractivity contribution in [3.8, 4) is 0 Å². The van der Waals surface area contributed by atoms with Crippen LogP contribution in [-0.4, -0.2) is 22.8 Å². The Labute approximate surface area is 111 Å². The molecule has 0 atom stereocenters. The first kappa shape index (κ1) is 12.9. The van der Waals surface area contributed by atoms with Gasteiger partial charge in [0.2, 0.25) is 0 Å². The van der Waals surface area contributed by atoms with Gasteiger partial charge in [0.25, 0.3) is 0 Å². The number of carbonyl (C=O) groups is 1. The van der Waals surface area contributed by atoms with Gasteiger partial charge < -0.3 is 15.8 Å². The highest BCUT2D eigenvalue weighted by atomic mass is 16.5. The molecule has 0 bridgehead atoms. The molecular weight excluding hydrogens is 244 g/mol. The summed E-state index contributed by atoms with van der Waals surface area (Å²) in [5, 5.41) is 9.58. The number of nitrogens with two attached hydrogens (primary N) is 1. The molecule has 0 aliphatic carbocycles. The number of nitrogens with one attached hydrogen (secondary N) is 2. The molecule has 19 heavy (non-hydrogen) atoms. The van der Waals surface area contributed by atoms with Crippen molar-refractivity contribution >= 4 is 23.3 Å². The predicted octanol–water partition coefficient (Wildman–Crippen LogP) is 2.22. The molecule has 0 spiro atoms. The van der Waals surface area contributed by atoms with Crippen LogP contribution in [0.5, 0.6) is 0 Å². The highest BCUT2D eigenvalue weighted by molar-refractivity contribution is 6.00. The Kier molecular flexibility index (Phi) is 3.70. The van der Waals surface area contributed by atoms with Gasteiger partial charge in [-0.3, -0.25) is 5.10 Å². The van der Waals surface area contributed by atoms with E-state index in [1.807, 2.05) is 31.2 Å². The minimum Gasteiger partial charge on any atom is -0.462 e. The van der Waals surface area contributed by atoms with Crippen molar-refractivity contribution in [3.63, 3.8) is 0 Å². The van der Waals surface area contributed by atoms with Crippen molar-refractivity contribution < 1.29 is 9.53 Å². The SMILES string of the molecule is CCOC(=O)c1c(Nc2ccc(C)cc2)n[nH]c1N. The monoisotopic (exact) mass is 260 g/mol. The lowest BCUT2D eigenvalue weighted by Crippen LogP contribution is -2.08. The van der Waals surface area contributed by atoms with Gasteiger partial charge in [-0.25, -0.2) is 4.79 Å². The molecule has 2 aromatic rings. The maximum Gasteiger partial charge on any atom is 0.345 e. The van der Waals surface area contributed by atoms with E-state index in [-0.39, 0.29) is 18.0 Å². The van der Waals surface area contributed by atoms with E-state index in [1.54, 1.807) is 6.92 Å². The third-order valence-corrected chi connectivity index (χ3v) is 2.59. The summed E-state index contributed by atoms with van der Waals surface area (Å²) in [5.41, 5.74) is 7.89. The van der Waals surface area contributed by atoms with Gasteiger partial charge in [-0.15, -0.1) is 0 Å². The van der Waals surface area contributed by atoms with Crippen LogP contribution in [0.2, 0.25) is 0 Å². The number of hydrogen-bond acceptors (Lipinski definition) is 5. The van der Waals surface area contributed by atoms with Crippen LogP contribution in [0.1, 0.15) is 22.8 Å². The van der Waals surface area contributed by atoms with Crippen molar-refractivity contribution in [2.75, 3.05) is 17.7 Å². The van der Waals surface area contributed by atoms with Crippen LogP contribution in [0.4, 0.5) is 17.3 Å². The summed E-state index contributed by atoms with van der Waals surface area (Å²) < 4.78 is 4.95. The first-order valence-electron chi connectivity index (χ1n) is 5.96. The van der Waals surface area contributed by atoms with Crippen LogP contribution < -0.4 is 11.1 Å². The number of ether oxygens (including phenoxy) is 1. The number of esters is 1. The molecule has 2 rings (SSSR count). The average molecular weight is 260 g/mol. The van der Waals surface area contributed by atoms with Gasteiger partial charge >= 0.3 is 5.97 Å². The standard InChI is InChI=1S/C13H16N4O2/c1-3-19-13(18)10-11(14)16-17-12(10)15-9-6-4-8(2)5-7-9/h4-7H,3H2,1-2H3,(H4,14,15,16,17). The molecule has 0 aliphatic heterocycles. The van der Waals surface area contributed by atoms with E-state index in [2.05, 4.69) is 15.5 Å². The Bertz CT molecular complexity index is 575. The van der Waals surface area contributed by atoms with Crippen LogP contribution in [0.25, 0.3) is 0 Å². The molecule has 0 saturated heterocycles. The summed E-state index contributed by atoms with van der Waals surface area (Å²) in [7, 11) is 0. The third kappa shape index (κ3) is 2.85. The smallest absolute Gasteiger partial charge is 0.345 e. The molecule has 0 unspecified atom stereocenters. The highest BCUT2D eigenvalue weighted by Crippen LogP contribution is 2.23. The summed E-state index contributed by atoms with van der Waals surface area (Å²) in [6.07, 6.45) is 0. The highest BCUT2D eigenvalue weighted by Gasteiger charge is 2.20. The van der Waals surface area contributed by atoms with Crippen LogP contribution in [0.3, 0.4) is 0 Å². The minimum absolute atomic E-state index is 0.188. The van der Waals surface area contributed by atoms with Crippen LogP contribution in [-0.2, 0) is 4.74 Å². The Balaban J connectivity index is 2.25. The predicted molar refractivity (Wildman–Crippen MR) is 73.4 cm³/mol. The number of aryl methyl sites for hydroxylation is 1. The van der Waals surface area contributed by atoms with Gasteiger partial charge in [0, 0.05) is 5.69 Å². The molecule has 0 aliphatic rings. The van der Waals surface area contributed by atoms with E-state index in [9.17, 15) is 4.79 Å². The lowest BCUT2D eigenvalue weighted by Gasteiger charge is -2.06. The zero-order valence-electron chi connectivity index (χ0n) is 10.9. The zero-order valence-corrected chi connectivity index (χ0v) is 10.9. The van der Waals surface area contributed by atoms with Gasteiger partial charge in [0.15, 0.2) is 5.82 Å². The van der Waals surface area contributed by atoms with Gasteiger partial charge in [-0.1, -0.05) is 17.7 Å². The number of H-pyrrole nitrogens is 1. The van der Waals surface area contributed by atoms with E-state index >= 15 is 0 Å². The second-order valence-corrected chi connectivity index (χ2v) is 4.07. The molecule has 6 nitrogen and oxygen atoms in total. The Morgan fingerprint density at radius 2 is 2.11 bits per heavy atom. The Morgan fingerprint density at radius 3 is 2.74 bits per heavy atom. The lowest BCUT2D eigenvalue weighted by atomic mass is 10.2. The van der Waals surface area contributed by atoms with Crippen molar-refractivity contribution in [3.05, 3.63) is 35.4 Å². The average Bonchev–Trinajstić information content (AvgIpc) is 2.74. The molecule has 6 heteroatoms. The summed E-state index contributed by atoms with van der Waals surface area (Å²) in [4.78, 5) is 11.8. The summed E-state index contributed by atoms with van der Waals surface area (Å²) >= 11 is 0. The van der Waals surface area contributed by atoms with E-state index in [0.717, 1.165) is 11.3 Å². The Hall–Kier alpha value is -2.50. The molecule has 4 N–H and O–H groups in total. The van der Waals surface area contributed by atoms with Gasteiger partial charge in [0.05, 0.1) is 6.61 Å². The minimum atomic E-state index is -0.497. The molecule has 0 saturated carbocycles. The van der Waals surface area contributed by atoms with Gasteiger partial charge in [-0.05, 0) is 26.0 Å². The van der Waals surface area contributed by atoms with Crippen molar-refractivity contribution in [1.82, 2.24) is 10.2 Å². The Morgan fingerprint density at radius 1 is 1.42 bits per heavy atom. The topological polar surface area (TPSA) is 93.0 Å². The van der Waals surface area contributed by atoms with E-state index in [1.165, 1.54) is 0 Å². The third-order valence-electron chi connectivity index (χ3n) is 2.59. The van der Waals surface area contributed by atoms with Gasteiger partial charge in [-0.2, -0.15) is 5.10 Å². The zero-order chi connectivity index (χ0) is 13.8. The molecule has 0 fully saturated rings. The van der Waals surface area contributed by atoms with Crippen molar-refractivity contribution in [2.24, 2.45) is 0 Å². The molecule has 1 aromatic carbocycles. The van der Waals surface area contributed by atoms with E-state index in [4.69, 9.17) is 10.5 Å². The summed E-state index contributed by atoms with van der Waals surface area (Å²) in [6.45, 7) is 4.02. The number of rotatable bonds is 4. The number of benzene rings is 1. The quantitative estimate of drug-likeness (QED) is 0.733. The number of aromatic amines is 1. The second kappa shape index (κ2) is 5.43. The normalized spacial score (nSPS) is 10.2. The van der Waals surface area contributed by atoms with Crippen molar-refractivity contribution in [2.45, 2.75) is 13.8 Å². The molecule has 100 valence electrons. The molecule has 0 amide bonds. The number of hydrogen-bond donors (Lipinski definition) is 3. The van der Waals surface area contributed by atoms with E-state index < -0.39 is 5.97 Å². The van der Waals surface area contributed by atoms with E-state index in [0.29, 0.717) is 5.82 Å². The van der Waals surface area contributed by atoms with Crippen LogP contribution >= 0.6 is 0 Å². The van der Waals surface area contributed by atoms with Crippen LogP contribution in [0.15, 0.2) is 24.3 Å². The molecular formula is C13H16N4O2. The maximum absolute atomic E-state index is 11.8. The van der Waals surface area contributed by atoms with Crippen molar-refractivity contribution in [1.29, 1.82) is 0 Å². The fourth-order valence-corrected chi connectivity index (χ4v) is 1.63. The summed E-state index contributed by atoms with van der Waals surface area (Å²) in [6, 6.07) is 7.72. The molecule has 1 aromatic heterocycles. The molecule has 1 heterocycles. The first-order chi connectivity index (χ1) is 9.11. The second-order valence-electron chi connectivity index (χ2n) is 4.07. The first-order valence-corrected chi connectivity index (χ1v) is 5.96. The molecule has 0 radical (unpaired) electrons. The number of nitrogens with zero attached hydrogens (tertiary/aromatic N) is 1. The fourth-order valence-electron chi connectivity index (χ4n) is 1.63. The fraction of sp³-hybridized carbons (Fsp3) is 0.231. The van der Waals surface area contributed by atoms with Crippen LogP contribution in [0, 0.1) is 6.92 Å². The maximum atomic E-state index is 11.8. The number of nitrogen functional groups attached to an aromatic ring is 1. The largest absolute Gasteiger partial charge is 0.462 e. The number of aromatic nitrogens is 2. The lowest BCUT2D eigenvalue weighted by molar-refractivity contribution is 0.0529. The number of anilines is 3.